The molecule has 3 heterocycles. The summed E-state index contributed by atoms with van der Waals surface area (Å²) in [7, 11) is 0. The zero-order valence-electron chi connectivity index (χ0n) is 16.1. The van der Waals surface area contributed by atoms with Crippen molar-refractivity contribution in [2.75, 3.05) is 5.75 Å². The number of hydrogen-bond donors (Lipinski definition) is 3. The number of nitrogens with zero attached hydrogens (tertiary/aromatic N) is 1. The topological polar surface area (TPSA) is 144 Å². The van der Waals surface area contributed by atoms with Gasteiger partial charge < -0.3 is 16.9 Å². The predicted molar refractivity (Wildman–Crippen MR) is 93.8 cm³/mol. The van der Waals surface area contributed by atoms with E-state index in [2.05, 4.69) is 20.0 Å². The van der Waals surface area contributed by atoms with Crippen LogP contribution in [0.2, 0.25) is 0 Å². The Kier molecular flexibility index (Phi) is 9.34. The average molecular weight is 445 g/mol. The Morgan fingerprint density at radius 1 is 1.32 bits per heavy atom. The van der Waals surface area contributed by atoms with Gasteiger partial charge in [0.05, 0.1) is 18.5 Å². The van der Waals surface area contributed by atoms with Crippen LogP contribution in [0.4, 0.5) is 4.79 Å². The van der Waals surface area contributed by atoms with E-state index < -0.39 is 23.0 Å². The molecule has 3 N–H and O–H groups in total. The van der Waals surface area contributed by atoms with Crippen molar-refractivity contribution in [2.24, 2.45) is 0 Å². The van der Waals surface area contributed by atoms with Gasteiger partial charge >= 0.3 is 41.6 Å². The molecule has 0 aromatic heterocycles. The number of urea groups is 1. The Hall–Kier alpha value is -0.540. The van der Waals surface area contributed by atoms with Crippen molar-refractivity contribution in [1.29, 1.82) is 0 Å². The van der Waals surface area contributed by atoms with Crippen LogP contribution in [0.25, 0.3) is 0 Å². The van der Waals surface area contributed by atoms with Crippen molar-refractivity contribution in [3.63, 3.8) is 0 Å². The van der Waals surface area contributed by atoms with Crippen LogP contribution in [0.5, 0.6) is 0 Å². The number of fused-ring (bicyclic) bond motifs is 1. The van der Waals surface area contributed by atoms with Crippen LogP contribution in [0.3, 0.4) is 0 Å². The van der Waals surface area contributed by atoms with Gasteiger partial charge in [0.2, 0.25) is 0 Å². The van der Waals surface area contributed by atoms with E-state index in [1.165, 1.54) is 0 Å². The van der Waals surface area contributed by atoms with Gasteiger partial charge in [-0.3, -0.25) is 9.59 Å². The molecule has 3 aliphatic rings. The molecular formula is C14H20N3NaO8S2. The fourth-order valence-corrected chi connectivity index (χ4v) is 5.29. The van der Waals surface area contributed by atoms with E-state index in [0.717, 1.165) is 18.6 Å². The second-order valence-electron chi connectivity index (χ2n) is 6.29. The van der Waals surface area contributed by atoms with E-state index in [1.807, 2.05) is 0 Å². The molecule has 2 unspecified atom stereocenters. The quantitative estimate of drug-likeness (QED) is 0.0662. The van der Waals surface area contributed by atoms with Crippen LogP contribution in [0.15, 0.2) is 0 Å². The number of unbranched alkanes of at least 4 members (excludes halogenated alkanes) is 1. The van der Waals surface area contributed by atoms with E-state index in [4.69, 9.17) is 10.1 Å². The third-order valence-electron chi connectivity index (χ3n) is 4.50. The van der Waals surface area contributed by atoms with Crippen molar-refractivity contribution >= 4 is 47.6 Å². The SMILES string of the molecule is O=C1N[C@H]2CSC(CCCCC(=O)ON3C(=O)CC(SOOO)C3=O)[C@H]2N1.[H-].[Na+]. The van der Waals surface area contributed by atoms with Gasteiger partial charge in [0.25, 0.3) is 11.8 Å². The summed E-state index contributed by atoms with van der Waals surface area (Å²) in [6.45, 7) is 0. The van der Waals surface area contributed by atoms with Crippen molar-refractivity contribution in [1.82, 2.24) is 15.7 Å². The van der Waals surface area contributed by atoms with Crippen molar-refractivity contribution in [3.05, 3.63) is 0 Å². The summed E-state index contributed by atoms with van der Waals surface area (Å²) in [6.07, 6.45) is 2.00. The molecule has 3 aliphatic heterocycles. The molecule has 4 atom stereocenters. The molecular weight excluding hydrogens is 425 g/mol. The summed E-state index contributed by atoms with van der Waals surface area (Å²) < 4.78 is 4.15. The van der Waals surface area contributed by atoms with Crippen LogP contribution in [0.1, 0.15) is 33.5 Å². The minimum absolute atomic E-state index is 0. The predicted octanol–water partition coefficient (Wildman–Crippen LogP) is -2.52. The minimum Gasteiger partial charge on any atom is -1.00 e. The summed E-state index contributed by atoms with van der Waals surface area (Å²) in [5, 5.41) is 17.0. The normalized spacial score (nSPS) is 28.6. The molecule has 3 fully saturated rings. The van der Waals surface area contributed by atoms with Crippen LogP contribution in [0, 0.1) is 0 Å². The first kappa shape index (κ1) is 23.7. The molecule has 0 spiro atoms. The maximum absolute atomic E-state index is 11.9. The number of nitrogens with one attached hydrogen (secondary N) is 2. The van der Waals surface area contributed by atoms with Gasteiger partial charge in [0.1, 0.15) is 5.25 Å². The molecule has 3 saturated heterocycles. The molecule has 0 radical (unpaired) electrons. The first-order valence-corrected chi connectivity index (χ1v) is 10.2. The van der Waals surface area contributed by atoms with Gasteiger partial charge in [-0.25, -0.2) is 14.8 Å². The van der Waals surface area contributed by atoms with Crippen molar-refractivity contribution in [2.45, 2.75) is 54.7 Å². The Balaban J connectivity index is 0.00000210. The summed E-state index contributed by atoms with van der Waals surface area (Å²) in [6, 6.07) is 0.149. The summed E-state index contributed by atoms with van der Waals surface area (Å²) in [5.41, 5.74) is 0. The Morgan fingerprint density at radius 2 is 2.11 bits per heavy atom. The molecule has 28 heavy (non-hydrogen) atoms. The third kappa shape index (κ3) is 5.75. The average Bonchev–Trinajstić information content (AvgIpc) is 3.26. The van der Waals surface area contributed by atoms with Gasteiger partial charge in [-0.05, 0) is 12.8 Å². The molecule has 11 nitrogen and oxygen atoms in total. The molecule has 152 valence electrons. The Morgan fingerprint density at radius 3 is 2.86 bits per heavy atom. The smallest absolute Gasteiger partial charge is 1.00 e. The Labute approximate surface area is 192 Å². The standard InChI is InChI=1S/C14H19N3O8S2.Na.H/c18-10-5-9(27-25-24-22)13(20)17(10)23-11(19)4-2-1-3-8-12-7(6-26-8)15-14(21)16-12;;/h7-9,12,22H,1-6H2,(H2,15,16,21);;/q;+1;-1/t7-,8?,9?,12-;;/m0../s1. The third-order valence-corrected chi connectivity index (χ3v) is 6.75. The number of imide groups is 1. The number of rotatable bonds is 9. The van der Waals surface area contributed by atoms with Gasteiger partial charge in [-0.15, -0.1) is 9.40 Å². The number of carbonyl (C=O) groups is 4. The van der Waals surface area contributed by atoms with Gasteiger partial charge in [-0.2, -0.15) is 11.8 Å². The monoisotopic (exact) mass is 445 g/mol. The van der Waals surface area contributed by atoms with Crippen LogP contribution >= 0.6 is 23.8 Å². The van der Waals surface area contributed by atoms with Gasteiger partial charge in [0.15, 0.2) is 0 Å². The first-order valence-electron chi connectivity index (χ1n) is 8.39. The molecule has 14 heteroatoms. The number of hydroxylamine groups is 2. The number of hydrogen-bond acceptors (Lipinski definition) is 10. The molecule has 0 aromatic rings. The molecule has 3 rings (SSSR count). The van der Waals surface area contributed by atoms with Crippen molar-refractivity contribution < 1.29 is 69.6 Å². The van der Waals surface area contributed by atoms with Gasteiger partial charge in [-0.1, -0.05) is 11.5 Å². The summed E-state index contributed by atoms with van der Waals surface area (Å²) in [4.78, 5) is 51.8. The van der Waals surface area contributed by atoms with Crippen molar-refractivity contribution in [3.8, 4) is 0 Å². The largest absolute Gasteiger partial charge is 1.00 e. The molecule has 0 aromatic carbocycles. The number of amides is 4. The number of thioether (sulfide) groups is 1. The maximum atomic E-state index is 11.9. The van der Waals surface area contributed by atoms with E-state index in [1.54, 1.807) is 11.8 Å². The first-order chi connectivity index (χ1) is 13.0. The Bertz CT molecular complexity index is 634. The maximum Gasteiger partial charge on any atom is 1.00 e. The molecule has 0 bridgehead atoms. The van der Waals surface area contributed by atoms with Crippen LogP contribution < -0.4 is 40.2 Å². The molecule has 0 saturated carbocycles. The fourth-order valence-electron chi connectivity index (χ4n) is 3.22. The van der Waals surface area contributed by atoms with Crippen LogP contribution in [-0.2, 0) is 28.6 Å². The fraction of sp³-hybridized carbons (Fsp3) is 0.714. The summed E-state index contributed by atoms with van der Waals surface area (Å²) in [5.74, 6) is -1.20. The number of carbonyl (C=O) groups excluding carboxylic acids is 4. The summed E-state index contributed by atoms with van der Waals surface area (Å²) >= 11 is 2.25. The zero-order valence-corrected chi connectivity index (χ0v) is 18.8. The van der Waals surface area contributed by atoms with E-state index in [-0.39, 0.29) is 61.9 Å². The molecule has 0 aliphatic carbocycles. The van der Waals surface area contributed by atoms with Gasteiger partial charge in [0, 0.05) is 29.5 Å². The van der Waals surface area contributed by atoms with Crippen LogP contribution in [-0.4, -0.2) is 62.5 Å². The molecule has 4 amide bonds. The second kappa shape index (κ2) is 11.0. The van der Waals surface area contributed by atoms with E-state index in [9.17, 15) is 19.2 Å². The van der Waals surface area contributed by atoms with E-state index >= 15 is 0 Å². The second-order valence-corrected chi connectivity index (χ2v) is 8.46. The zero-order chi connectivity index (χ0) is 19.4. The van der Waals surface area contributed by atoms with E-state index in [0.29, 0.717) is 28.8 Å². The minimum atomic E-state index is -0.944.